The topological polar surface area (TPSA) is 83.8 Å². The van der Waals surface area contributed by atoms with Crippen molar-refractivity contribution in [2.75, 3.05) is 13.1 Å². The molecule has 1 saturated heterocycles. The van der Waals surface area contributed by atoms with Crippen molar-refractivity contribution in [3.63, 3.8) is 0 Å². The maximum Gasteiger partial charge on any atom is 0.255 e. The molecule has 1 aliphatic heterocycles. The number of furan rings is 1. The van der Waals surface area contributed by atoms with E-state index in [-0.39, 0.29) is 11.8 Å². The van der Waals surface area contributed by atoms with Gasteiger partial charge in [-0.05, 0) is 30.7 Å². The van der Waals surface area contributed by atoms with Crippen molar-refractivity contribution in [1.29, 1.82) is 5.26 Å². The van der Waals surface area contributed by atoms with Crippen LogP contribution in [0.25, 0.3) is 16.5 Å². The van der Waals surface area contributed by atoms with Gasteiger partial charge in [-0.3, -0.25) is 4.79 Å². The summed E-state index contributed by atoms with van der Waals surface area (Å²) in [5.41, 5.74) is 2.85. The number of nitrogens with zero attached hydrogens (tertiary/aromatic N) is 4. The van der Waals surface area contributed by atoms with Crippen LogP contribution in [-0.4, -0.2) is 33.5 Å². The van der Waals surface area contributed by atoms with Crippen LogP contribution < -0.4 is 4.74 Å². The number of hydrogen-bond donors (Lipinski definition) is 0. The van der Waals surface area contributed by atoms with Gasteiger partial charge in [0.2, 0.25) is 0 Å². The van der Waals surface area contributed by atoms with Crippen molar-refractivity contribution in [2.45, 2.75) is 6.92 Å². The molecule has 138 valence electrons. The Kier molecular flexibility index (Phi) is 3.59. The van der Waals surface area contributed by atoms with Crippen molar-refractivity contribution in [1.82, 2.24) is 14.5 Å². The van der Waals surface area contributed by atoms with E-state index in [0.29, 0.717) is 30.2 Å². The number of nitriles is 1. The first-order valence-corrected chi connectivity index (χ1v) is 8.95. The molecule has 0 bridgehead atoms. The SMILES string of the molecule is Cc1c(C(=O)N2CC(C#N)C2)cn2nccc(Oc3ccc4ccoc4c3)c12. The fourth-order valence-corrected chi connectivity index (χ4v) is 3.54. The molecule has 0 radical (unpaired) electrons. The van der Waals surface area contributed by atoms with Crippen LogP contribution in [0.1, 0.15) is 15.9 Å². The van der Waals surface area contributed by atoms with Crippen LogP contribution in [-0.2, 0) is 0 Å². The molecule has 1 fully saturated rings. The third-order valence-corrected chi connectivity index (χ3v) is 5.13. The van der Waals surface area contributed by atoms with Crippen LogP contribution in [0.4, 0.5) is 0 Å². The Morgan fingerprint density at radius 1 is 1.32 bits per heavy atom. The van der Waals surface area contributed by atoms with E-state index in [2.05, 4.69) is 11.2 Å². The minimum absolute atomic E-state index is 0.0742. The summed E-state index contributed by atoms with van der Waals surface area (Å²) in [6, 6.07) is 11.5. The molecule has 7 heteroatoms. The molecule has 3 aromatic heterocycles. The highest BCUT2D eigenvalue weighted by atomic mass is 16.5. The largest absolute Gasteiger partial charge is 0.464 e. The fourth-order valence-electron chi connectivity index (χ4n) is 3.54. The highest BCUT2D eigenvalue weighted by molar-refractivity contribution is 5.98. The molecule has 1 aliphatic rings. The monoisotopic (exact) mass is 372 g/mol. The third-order valence-electron chi connectivity index (χ3n) is 5.13. The van der Waals surface area contributed by atoms with Gasteiger partial charge in [-0.1, -0.05) is 0 Å². The van der Waals surface area contributed by atoms with E-state index in [0.717, 1.165) is 22.0 Å². The van der Waals surface area contributed by atoms with E-state index < -0.39 is 0 Å². The van der Waals surface area contributed by atoms with Gasteiger partial charge in [0.1, 0.15) is 16.8 Å². The summed E-state index contributed by atoms with van der Waals surface area (Å²) in [4.78, 5) is 14.5. The number of fused-ring (bicyclic) bond motifs is 2. The average Bonchev–Trinajstić information content (AvgIpc) is 3.25. The summed E-state index contributed by atoms with van der Waals surface area (Å²) in [5, 5.41) is 14.3. The molecular weight excluding hydrogens is 356 g/mol. The number of rotatable bonds is 3. The number of ether oxygens (including phenoxy) is 1. The molecule has 1 aromatic carbocycles. The lowest BCUT2D eigenvalue weighted by atomic mass is 10.0. The first-order chi connectivity index (χ1) is 13.6. The number of amides is 1. The zero-order valence-corrected chi connectivity index (χ0v) is 15.1. The second-order valence-electron chi connectivity index (χ2n) is 6.91. The third kappa shape index (κ3) is 2.50. The van der Waals surface area contributed by atoms with Crippen LogP contribution in [0, 0.1) is 24.2 Å². The number of aryl methyl sites for hydroxylation is 1. The Bertz CT molecular complexity index is 1260. The Morgan fingerprint density at radius 3 is 3.00 bits per heavy atom. The summed E-state index contributed by atoms with van der Waals surface area (Å²) in [6.45, 7) is 2.83. The van der Waals surface area contributed by atoms with Crippen molar-refractivity contribution in [3.8, 4) is 17.6 Å². The quantitative estimate of drug-likeness (QED) is 0.546. The maximum atomic E-state index is 12.8. The lowest BCUT2D eigenvalue weighted by Gasteiger charge is -2.35. The predicted molar refractivity (Wildman–Crippen MR) is 101 cm³/mol. The van der Waals surface area contributed by atoms with Gasteiger partial charge >= 0.3 is 0 Å². The van der Waals surface area contributed by atoms with Gasteiger partial charge in [0.15, 0.2) is 5.75 Å². The van der Waals surface area contributed by atoms with E-state index in [9.17, 15) is 4.79 Å². The Morgan fingerprint density at radius 2 is 2.18 bits per heavy atom. The lowest BCUT2D eigenvalue weighted by molar-refractivity contribution is 0.0576. The van der Waals surface area contributed by atoms with Gasteiger partial charge in [0.25, 0.3) is 5.91 Å². The minimum atomic E-state index is -0.0857. The normalized spacial score (nSPS) is 14.2. The Balaban J connectivity index is 1.50. The van der Waals surface area contributed by atoms with E-state index in [1.807, 2.05) is 31.2 Å². The van der Waals surface area contributed by atoms with Crippen LogP contribution in [0.3, 0.4) is 0 Å². The summed E-state index contributed by atoms with van der Waals surface area (Å²) in [5.74, 6) is 1.09. The lowest BCUT2D eigenvalue weighted by Crippen LogP contribution is -2.49. The van der Waals surface area contributed by atoms with Gasteiger partial charge in [0, 0.05) is 36.8 Å². The Hall–Kier alpha value is -3.79. The van der Waals surface area contributed by atoms with Gasteiger partial charge in [0.05, 0.1) is 30.0 Å². The van der Waals surface area contributed by atoms with Crippen LogP contribution >= 0.6 is 0 Å². The van der Waals surface area contributed by atoms with E-state index in [1.54, 1.807) is 34.1 Å². The molecule has 0 spiro atoms. The van der Waals surface area contributed by atoms with Gasteiger partial charge < -0.3 is 14.1 Å². The van der Waals surface area contributed by atoms with E-state index in [1.165, 1.54) is 0 Å². The molecule has 4 aromatic rings. The molecule has 0 atom stereocenters. The van der Waals surface area contributed by atoms with Crippen molar-refractivity contribution in [3.05, 3.63) is 60.1 Å². The number of benzene rings is 1. The first-order valence-electron chi connectivity index (χ1n) is 8.95. The summed E-state index contributed by atoms with van der Waals surface area (Å²) in [7, 11) is 0. The summed E-state index contributed by atoms with van der Waals surface area (Å²) < 4.78 is 13.2. The number of carbonyl (C=O) groups excluding carboxylic acids is 1. The molecule has 5 rings (SSSR count). The molecule has 28 heavy (non-hydrogen) atoms. The fraction of sp³-hybridized carbons (Fsp3) is 0.190. The predicted octanol–water partition coefficient (Wildman–Crippen LogP) is 3.78. The molecule has 0 saturated carbocycles. The average molecular weight is 372 g/mol. The smallest absolute Gasteiger partial charge is 0.255 e. The molecule has 4 heterocycles. The minimum Gasteiger partial charge on any atom is -0.464 e. The standard InChI is InChI=1S/C21H16N4O3/c1-13-17(21(26)24-10-14(9-22)11-24)12-25-20(13)18(4-6-23-25)28-16-3-2-15-5-7-27-19(15)8-16/h2-8,12,14H,10-11H2,1H3. The van der Waals surface area contributed by atoms with Gasteiger partial charge in [-0.15, -0.1) is 0 Å². The Labute approximate surface area is 160 Å². The number of carbonyl (C=O) groups is 1. The molecule has 0 aliphatic carbocycles. The highest BCUT2D eigenvalue weighted by Crippen LogP contribution is 2.32. The highest BCUT2D eigenvalue weighted by Gasteiger charge is 2.32. The maximum absolute atomic E-state index is 12.8. The first kappa shape index (κ1) is 16.4. The summed E-state index contributed by atoms with van der Waals surface area (Å²) >= 11 is 0. The van der Waals surface area contributed by atoms with Gasteiger partial charge in [-0.25, -0.2) is 4.52 Å². The van der Waals surface area contributed by atoms with Gasteiger partial charge in [-0.2, -0.15) is 10.4 Å². The van der Waals surface area contributed by atoms with Crippen LogP contribution in [0.15, 0.2) is 53.4 Å². The number of hydrogen-bond acceptors (Lipinski definition) is 5. The van der Waals surface area contributed by atoms with E-state index >= 15 is 0 Å². The second-order valence-corrected chi connectivity index (χ2v) is 6.91. The zero-order chi connectivity index (χ0) is 19.3. The van der Waals surface area contributed by atoms with Crippen molar-refractivity contribution >= 4 is 22.4 Å². The zero-order valence-electron chi connectivity index (χ0n) is 15.1. The van der Waals surface area contributed by atoms with Crippen LogP contribution in [0.5, 0.6) is 11.5 Å². The molecule has 7 nitrogen and oxygen atoms in total. The molecule has 0 unspecified atom stereocenters. The van der Waals surface area contributed by atoms with E-state index in [4.69, 9.17) is 14.4 Å². The molecular formula is C21H16N4O3. The molecule has 1 amide bonds. The number of aromatic nitrogens is 2. The summed E-state index contributed by atoms with van der Waals surface area (Å²) in [6.07, 6.45) is 4.99. The van der Waals surface area contributed by atoms with Crippen molar-refractivity contribution in [2.24, 2.45) is 5.92 Å². The van der Waals surface area contributed by atoms with Crippen molar-refractivity contribution < 1.29 is 13.9 Å². The molecule has 0 N–H and O–H groups in total. The second kappa shape index (κ2) is 6.13. The number of likely N-dealkylation sites (tertiary alicyclic amines) is 1. The van der Waals surface area contributed by atoms with Crippen LogP contribution in [0.2, 0.25) is 0 Å².